The molecule has 0 saturated heterocycles. The van der Waals surface area contributed by atoms with Crippen molar-refractivity contribution in [3.8, 4) is 6.57 Å². The number of hydrogen-bond acceptors (Lipinski definition) is 1. The second-order valence-corrected chi connectivity index (χ2v) is 2.35. The highest BCUT2D eigenvalue weighted by atomic mass is 16.4. The number of rotatable bonds is 5. The van der Waals surface area contributed by atoms with E-state index in [1.54, 1.807) is 0 Å². The van der Waals surface area contributed by atoms with Crippen LogP contribution in [-0.2, 0) is 4.79 Å². The second kappa shape index (κ2) is 5.69. The van der Waals surface area contributed by atoms with Crippen molar-refractivity contribution in [3.63, 3.8) is 0 Å². The van der Waals surface area contributed by atoms with E-state index in [1.807, 2.05) is 0 Å². The molecule has 0 aliphatic rings. The molecule has 0 bridgehead atoms. The summed E-state index contributed by atoms with van der Waals surface area (Å²) in [5.74, 6) is -0.948. The molecule has 1 unspecified atom stereocenters. The molecule has 0 aliphatic heterocycles. The first-order valence-electron chi connectivity index (χ1n) is 3.64. The highest BCUT2D eigenvalue weighted by molar-refractivity contribution is 5.75. The number of aliphatic carboxylic acids is 1. The van der Waals surface area contributed by atoms with Crippen LogP contribution in [0.25, 0.3) is 4.85 Å². The molecule has 0 rings (SSSR count). The Morgan fingerprint density at radius 2 is 2.27 bits per heavy atom. The van der Waals surface area contributed by atoms with Gasteiger partial charge in [0.15, 0.2) is 0 Å². The fraction of sp³-hybridized carbons (Fsp3) is 0.714. The summed E-state index contributed by atoms with van der Waals surface area (Å²) < 4.78 is 0. The van der Waals surface area contributed by atoms with Gasteiger partial charge in [-0.25, -0.2) is 4.79 Å². The van der Waals surface area contributed by atoms with E-state index in [0.29, 0.717) is 6.42 Å². The molecular formula is C7H14N2O2+2. The summed E-state index contributed by atoms with van der Waals surface area (Å²) in [4.78, 5) is 13.6. The molecule has 0 aromatic rings. The Morgan fingerprint density at radius 1 is 1.64 bits per heavy atom. The molecule has 0 aromatic carbocycles. The average molecular weight is 158 g/mol. The molecule has 0 radical (unpaired) electrons. The number of quaternary nitrogens is 1. The number of nitrogens with zero attached hydrogens (tertiary/aromatic N) is 1. The Labute approximate surface area is 65.8 Å². The summed E-state index contributed by atoms with van der Waals surface area (Å²) in [6, 6.07) is -0.735. The van der Waals surface area contributed by atoms with Gasteiger partial charge in [0.25, 0.3) is 6.57 Å². The fourth-order valence-electron chi connectivity index (χ4n) is 0.776. The van der Waals surface area contributed by atoms with E-state index >= 15 is 0 Å². The molecule has 62 valence electrons. The van der Waals surface area contributed by atoms with E-state index in [4.69, 9.17) is 11.7 Å². The summed E-state index contributed by atoms with van der Waals surface area (Å²) in [5, 5.41) is 8.48. The van der Waals surface area contributed by atoms with Crippen molar-refractivity contribution in [3.05, 3.63) is 4.85 Å². The standard InChI is InChI=1S/C7H12N2O2/c1-9-6(7(10)11)4-2-3-5-8/h1,6H,2-5,8H2/p+2. The van der Waals surface area contributed by atoms with Crippen LogP contribution in [0.4, 0.5) is 0 Å². The fourth-order valence-corrected chi connectivity index (χ4v) is 0.776. The third-order valence-electron chi connectivity index (χ3n) is 1.44. The second-order valence-electron chi connectivity index (χ2n) is 2.35. The molecule has 0 heterocycles. The van der Waals surface area contributed by atoms with Crippen molar-refractivity contribution in [2.24, 2.45) is 0 Å². The van der Waals surface area contributed by atoms with Crippen LogP contribution in [0.5, 0.6) is 0 Å². The van der Waals surface area contributed by atoms with Crippen molar-refractivity contribution in [2.45, 2.75) is 25.3 Å². The van der Waals surface area contributed by atoms with Gasteiger partial charge in [-0.05, 0) is 12.8 Å². The van der Waals surface area contributed by atoms with Crippen molar-refractivity contribution in [2.75, 3.05) is 6.54 Å². The maximum Gasteiger partial charge on any atom is 0.392 e. The number of hydrogen-bond donors (Lipinski definition) is 2. The van der Waals surface area contributed by atoms with E-state index < -0.39 is 12.0 Å². The average Bonchev–Trinajstić information content (AvgIpc) is 1.97. The smallest absolute Gasteiger partial charge is 0.392 e. The van der Waals surface area contributed by atoms with Gasteiger partial charge in [-0.1, -0.05) is 4.85 Å². The largest absolute Gasteiger partial charge is 0.475 e. The minimum absolute atomic E-state index is 0.515. The van der Waals surface area contributed by atoms with Crippen LogP contribution < -0.4 is 5.73 Å². The van der Waals surface area contributed by atoms with Gasteiger partial charge >= 0.3 is 12.0 Å². The van der Waals surface area contributed by atoms with Gasteiger partial charge in [-0.3, -0.25) is 0 Å². The number of carboxylic acids is 1. The molecule has 0 amide bonds. The van der Waals surface area contributed by atoms with Gasteiger partial charge in [0.1, 0.15) is 0 Å². The lowest BCUT2D eigenvalue weighted by molar-refractivity contribution is -0.368. The van der Waals surface area contributed by atoms with E-state index in [0.717, 1.165) is 19.4 Å². The Balaban J connectivity index is 3.55. The zero-order valence-corrected chi connectivity index (χ0v) is 6.49. The lowest BCUT2D eigenvalue weighted by Gasteiger charge is -1.93. The van der Waals surface area contributed by atoms with Gasteiger partial charge in [-0.15, -0.1) is 0 Å². The molecule has 4 heteroatoms. The molecule has 4 nitrogen and oxygen atoms in total. The van der Waals surface area contributed by atoms with E-state index in [-0.39, 0.29) is 0 Å². The Bertz CT molecular complexity index is 162. The first-order valence-corrected chi connectivity index (χ1v) is 3.64. The minimum Gasteiger partial charge on any atom is -0.475 e. The number of carboxylic acid groups (broad SMARTS) is 1. The Morgan fingerprint density at radius 3 is 2.64 bits per heavy atom. The zero-order chi connectivity index (χ0) is 8.69. The molecule has 0 saturated carbocycles. The van der Waals surface area contributed by atoms with Crippen LogP contribution in [-0.4, -0.2) is 23.7 Å². The molecule has 0 spiro atoms. The van der Waals surface area contributed by atoms with Crippen molar-refractivity contribution < 1.29 is 15.6 Å². The predicted molar refractivity (Wildman–Crippen MR) is 41.3 cm³/mol. The first kappa shape index (κ1) is 9.92. The van der Waals surface area contributed by atoms with E-state index in [1.165, 1.54) is 0 Å². The molecule has 4 N–H and O–H groups in total. The van der Waals surface area contributed by atoms with Crippen molar-refractivity contribution in [1.29, 1.82) is 0 Å². The summed E-state index contributed by atoms with van der Waals surface area (Å²) in [5.41, 5.74) is 3.64. The highest BCUT2D eigenvalue weighted by Gasteiger charge is 2.24. The van der Waals surface area contributed by atoms with Crippen molar-refractivity contribution >= 4 is 5.97 Å². The van der Waals surface area contributed by atoms with Crippen LogP contribution in [0.2, 0.25) is 0 Å². The maximum atomic E-state index is 10.3. The SMILES string of the molecule is C#[N+]C(CCCC[NH3+])C(=O)O. The molecular weight excluding hydrogens is 144 g/mol. The van der Waals surface area contributed by atoms with Crippen LogP contribution in [0.1, 0.15) is 19.3 Å². The van der Waals surface area contributed by atoms with Gasteiger partial charge in [0.05, 0.1) is 6.54 Å². The first-order chi connectivity index (χ1) is 5.22. The molecule has 0 aliphatic carbocycles. The van der Waals surface area contributed by atoms with Crippen molar-refractivity contribution in [1.82, 2.24) is 0 Å². The minimum atomic E-state index is -0.948. The summed E-state index contributed by atoms with van der Waals surface area (Å²) in [6.07, 6.45) is 2.27. The highest BCUT2D eigenvalue weighted by Crippen LogP contribution is 2.03. The van der Waals surface area contributed by atoms with Gasteiger partial charge in [-0.2, -0.15) is 0 Å². The number of unbranched alkanes of at least 4 members (excludes halogenated alkanes) is 1. The lowest BCUT2D eigenvalue weighted by Crippen LogP contribution is -2.50. The van der Waals surface area contributed by atoms with Gasteiger partial charge in [0, 0.05) is 6.42 Å². The van der Waals surface area contributed by atoms with Gasteiger partial charge < -0.3 is 10.8 Å². The maximum absolute atomic E-state index is 10.3. The van der Waals surface area contributed by atoms with E-state index in [2.05, 4.69) is 10.6 Å². The Kier molecular flexibility index (Phi) is 5.13. The van der Waals surface area contributed by atoms with Crippen LogP contribution in [0.3, 0.4) is 0 Å². The summed E-state index contributed by atoms with van der Waals surface area (Å²) in [6.45, 7) is 5.71. The molecule has 0 fully saturated rings. The third kappa shape index (κ3) is 4.34. The summed E-state index contributed by atoms with van der Waals surface area (Å²) in [7, 11) is 0. The third-order valence-corrected chi connectivity index (χ3v) is 1.44. The van der Waals surface area contributed by atoms with Crippen LogP contribution in [0, 0.1) is 6.57 Å². The zero-order valence-electron chi connectivity index (χ0n) is 6.49. The normalized spacial score (nSPS) is 12.0. The van der Waals surface area contributed by atoms with Crippen LogP contribution in [0.15, 0.2) is 0 Å². The molecule has 1 atom stereocenters. The predicted octanol–water partition coefficient (Wildman–Crippen LogP) is -0.185. The summed E-state index contributed by atoms with van der Waals surface area (Å²) >= 11 is 0. The lowest BCUT2D eigenvalue weighted by atomic mass is 10.1. The Hall–Kier alpha value is -1.08. The van der Waals surface area contributed by atoms with Crippen LogP contribution >= 0.6 is 0 Å². The van der Waals surface area contributed by atoms with Gasteiger partial charge in [0.2, 0.25) is 0 Å². The van der Waals surface area contributed by atoms with E-state index in [9.17, 15) is 4.79 Å². The molecule has 11 heavy (non-hydrogen) atoms. The quantitative estimate of drug-likeness (QED) is 0.545. The topological polar surface area (TPSA) is 69.3 Å². The molecule has 0 aromatic heterocycles. The monoisotopic (exact) mass is 158 g/mol. The number of carbonyl (C=O) groups is 1.